The average Bonchev–Trinajstić information content (AvgIpc) is 2.70. The van der Waals surface area contributed by atoms with Crippen LogP contribution >= 0.6 is 0 Å². The molecule has 158 valence electrons. The molecule has 0 spiro atoms. The van der Waals surface area contributed by atoms with E-state index < -0.39 is 42.6 Å². The number of primary amides is 1. The van der Waals surface area contributed by atoms with Gasteiger partial charge in [0.25, 0.3) is 0 Å². The number of carbonyl (C=O) groups excluding carboxylic acids is 4. The van der Waals surface area contributed by atoms with Crippen LogP contribution in [0.3, 0.4) is 0 Å². The van der Waals surface area contributed by atoms with Crippen LogP contribution in [0, 0.1) is 0 Å². The molecular weight excluding hydrogens is 382 g/mol. The van der Waals surface area contributed by atoms with Crippen molar-refractivity contribution in [2.24, 2.45) is 5.73 Å². The third kappa shape index (κ3) is 9.38. The van der Waals surface area contributed by atoms with E-state index >= 15 is 0 Å². The molecule has 0 fully saturated rings. The van der Waals surface area contributed by atoms with E-state index in [0.717, 1.165) is 11.6 Å². The number of carbonyl (C=O) groups is 4. The number of hydrogen-bond acceptors (Lipinski definition) is 7. The highest BCUT2D eigenvalue weighted by atomic mass is 16.5. The van der Waals surface area contributed by atoms with Crippen molar-refractivity contribution in [3.05, 3.63) is 48.0 Å². The Morgan fingerprint density at radius 2 is 1.79 bits per heavy atom. The molecule has 0 saturated carbocycles. The second kappa shape index (κ2) is 12.9. The molecule has 10 nitrogen and oxygen atoms in total. The van der Waals surface area contributed by atoms with E-state index in [9.17, 15) is 24.3 Å². The van der Waals surface area contributed by atoms with Gasteiger partial charge in [-0.2, -0.15) is 0 Å². The average molecular weight is 407 g/mol. The number of amides is 3. The Morgan fingerprint density at radius 1 is 1.10 bits per heavy atom. The minimum atomic E-state index is -1.35. The van der Waals surface area contributed by atoms with Crippen molar-refractivity contribution in [1.29, 1.82) is 0 Å². The molecule has 0 radical (unpaired) electrons. The number of rotatable bonds is 11. The van der Waals surface area contributed by atoms with Gasteiger partial charge in [0.2, 0.25) is 11.8 Å². The van der Waals surface area contributed by atoms with Crippen LogP contribution in [0.25, 0.3) is 0 Å². The number of aliphatic hydroxyl groups is 1. The number of hydrogen-bond donors (Lipinski definition) is 4. The Morgan fingerprint density at radius 3 is 2.38 bits per heavy atom. The third-order valence-corrected chi connectivity index (χ3v) is 3.58. The first-order valence-electron chi connectivity index (χ1n) is 8.88. The van der Waals surface area contributed by atoms with Gasteiger partial charge in [-0.25, -0.2) is 9.59 Å². The van der Waals surface area contributed by atoms with Crippen LogP contribution in [-0.4, -0.2) is 54.3 Å². The summed E-state index contributed by atoms with van der Waals surface area (Å²) in [5.74, 6) is -2.29. The van der Waals surface area contributed by atoms with E-state index in [1.54, 1.807) is 31.2 Å². The lowest BCUT2D eigenvalue weighted by Crippen LogP contribution is -2.54. The number of aliphatic hydroxyl groups excluding tert-OH is 1. The molecule has 5 N–H and O–H groups in total. The standard InChI is InChI=1S/C19H25N3O7/c1-2-28-16(24)10-6-9-14(17(20)25)21-18(26)15(11-23)22-19(27)29-12-13-7-4-3-5-8-13/h3-8,10,14-15,23H,2,9,11-12H2,1H3,(H2,20,25)(H,21,26)(H,22,27)/b10-6+/t14-,15-/m0/s1. The molecule has 0 aliphatic rings. The maximum absolute atomic E-state index is 12.2. The highest BCUT2D eigenvalue weighted by molar-refractivity contribution is 5.91. The van der Waals surface area contributed by atoms with Crippen molar-refractivity contribution in [1.82, 2.24) is 10.6 Å². The van der Waals surface area contributed by atoms with Crippen molar-refractivity contribution in [2.45, 2.75) is 32.0 Å². The van der Waals surface area contributed by atoms with Gasteiger partial charge in [-0.15, -0.1) is 0 Å². The van der Waals surface area contributed by atoms with Gasteiger partial charge in [0.05, 0.1) is 13.2 Å². The van der Waals surface area contributed by atoms with E-state index in [1.807, 2.05) is 6.07 Å². The maximum Gasteiger partial charge on any atom is 0.408 e. The Kier molecular flexibility index (Phi) is 10.5. The maximum atomic E-state index is 12.2. The summed E-state index contributed by atoms with van der Waals surface area (Å²) in [5, 5.41) is 13.9. The molecule has 2 atom stereocenters. The minimum absolute atomic E-state index is 0.0188. The van der Waals surface area contributed by atoms with Crippen LogP contribution < -0.4 is 16.4 Å². The molecule has 1 aromatic rings. The molecular formula is C19H25N3O7. The molecule has 10 heteroatoms. The lowest BCUT2D eigenvalue weighted by atomic mass is 10.1. The molecule has 0 aromatic heterocycles. The number of nitrogens with two attached hydrogens (primary N) is 1. The minimum Gasteiger partial charge on any atom is -0.463 e. The van der Waals surface area contributed by atoms with Crippen molar-refractivity contribution in [2.75, 3.05) is 13.2 Å². The lowest BCUT2D eigenvalue weighted by molar-refractivity contribution is -0.137. The molecule has 0 saturated heterocycles. The summed E-state index contributed by atoms with van der Waals surface area (Å²) >= 11 is 0. The van der Waals surface area contributed by atoms with Crippen molar-refractivity contribution >= 4 is 23.9 Å². The zero-order chi connectivity index (χ0) is 21.6. The number of nitrogens with one attached hydrogen (secondary N) is 2. The molecule has 1 rings (SSSR count). The van der Waals surface area contributed by atoms with E-state index in [1.165, 1.54) is 6.08 Å². The summed E-state index contributed by atoms with van der Waals surface area (Å²) in [6.45, 7) is 1.10. The first-order chi connectivity index (χ1) is 13.9. The highest BCUT2D eigenvalue weighted by Crippen LogP contribution is 2.01. The Balaban J connectivity index is 2.56. The van der Waals surface area contributed by atoms with Crippen LogP contribution in [0.5, 0.6) is 0 Å². The fraction of sp³-hybridized carbons (Fsp3) is 0.368. The molecule has 0 heterocycles. The molecule has 3 amide bonds. The zero-order valence-corrected chi connectivity index (χ0v) is 16.0. The quantitative estimate of drug-likeness (QED) is 0.291. The molecule has 1 aromatic carbocycles. The second-order valence-corrected chi connectivity index (χ2v) is 5.79. The molecule has 29 heavy (non-hydrogen) atoms. The van der Waals surface area contributed by atoms with Crippen LogP contribution in [0.15, 0.2) is 42.5 Å². The van der Waals surface area contributed by atoms with Crippen molar-refractivity contribution in [3.63, 3.8) is 0 Å². The largest absolute Gasteiger partial charge is 0.463 e. The third-order valence-electron chi connectivity index (χ3n) is 3.58. The molecule has 0 aliphatic heterocycles. The lowest BCUT2D eigenvalue weighted by Gasteiger charge is -2.19. The number of ether oxygens (including phenoxy) is 2. The van der Waals surface area contributed by atoms with Crippen LogP contribution in [0.2, 0.25) is 0 Å². The van der Waals surface area contributed by atoms with Gasteiger partial charge in [0, 0.05) is 6.08 Å². The van der Waals surface area contributed by atoms with Gasteiger partial charge in [-0.3, -0.25) is 9.59 Å². The van der Waals surface area contributed by atoms with E-state index in [2.05, 4.69) is 10.6 Å². The van der Waals surface area contributed by atoms with Crippen molar-refractivity contribution < 1.29 is 33.8 Å². The predicted octanol–water partition coefficient (Wildman–Crippen LogP) is -0.247. The van der Waals surface area contributed by atoms with E-state index in [-0.39, 0.29) is 19.6 Å². The summed E-state index contributed by atoms with van der Waals surface area (Å²) < 4.78 is 9.68. The van der Waals surface area contributed by atoms with E-state index in [4.69, 9.17) is 15.2 Å². The Hall–Kier alpha value is -3.40. The molecule has 0 bridgehead atoms. The second-order valence-electron chi connectivity index (χ2n) is 5.79. The van der Waals surface area contributed by atoms with Gasteiger partial charge in [-0.1, -0.05) is 36.4 Å². The summed E-state index contributed by atoms with van der Waals surface area (Å²) in [6.07, 6.45) is 1.44. The highest BCUT2D eigenvalue weighted by Gasteiger charge is 2.25. The van der Waals surface area contributed by atoms with Gasteiger partial charge < -0.3 is 30.9 Å². The normalized spacial score (nSPS) is 12.6. The first kappa shape index (κ1) is 23.6. The monoisotopic (exact) mass is 407 g/mol. The van der Waals surface area contributed by atoms with Crippen LogP contribution in [0.4, 0.5) is 4.79 Å². The number of esters is 1. The van der Waals surface area contributed by atoms with Gasteiger partial charge in [-0.05, 0) is 18.9 Å². The SMILES string of the molecule is CCOC(=O)/C=C/C[C@H](NC(=O)[C@H](CO)NC(=O)OCc1ccccc1)C(N)=O. The summed E-state index contributed by atoms with van der Waals surface area (Å²) in [7, 11) is 0. The van der Waals surface area contributed by atoms with Crippen LogP contribution in [0.1, 0.15) is 18.9 Å². The Bertz CT molecular complexity index is 722. The Labute approximate surface area is 168 Å². The smallest absolute Gasteiger partial charge is 0.408 e. The molecule has 0 unspecified atom stereocenters. The predicted molar refractivity (Wildman–Crippen MR) is 102 cm³/mol. The first-order valence-corrected chi connectivity index (χ1v) is 8.88. The van der Waals surface area contributed by atoms with E-state index in [0.29, 0.717) is 0 Å². The fourth-order valence-corrected chi connectivity index (χ4v) is 2.11. The summed E-state index contributed by atoms with van der Waals surface area (Å²) in [6, 6.07) is 6.38. The van der Waals surface area contributed by atoms with Crippen molar-refractivity contribution in [3.8, 4) is 0 Å². The topological polar surface area (TPSA) is 157 Å². The zero-order valence-electron chi connectivity index (χ0n) is 16.0. The van der Waals surface area contributed by atoms with Gasteiger partial charge in [0.15, 0.2) is 0 Å². The van der Waals surface area contributed by atoms with Gasteiger partial charge in [0.1, 0.15) is 18.7 Å². The summed E-state index contributed by atoms with van der Waals surface area (Å²) in [4.78, 5) is 46.8. The van der Waals surface area contributed by atoms with Crippen LogP contribution in [-0.2, 0) is 30.5 Å². The fourth-order valence-electron chi connectivity index (χ4n) is 2.11. The molecule has 0 aliphatic carbocycles. The number of benzene rings is 1. The number of alkyl carbamates (subject to hydrolysis) is 1. The van der Waals surface area contributed by atoms with Gasteiger partial charge >= 0.3 is 12.1 Å². The summed E-state index contributed by atoms with van der Waals surface area (Å²) in [5.41, 5.74) is 5.98.